The lowest BCUT2D eigenvalue weighted by molar-refractivity contribution is 0.523. The van der Waals surface area contributed by atoms with E-state index < -0.39 is 16.1 Å². The van der Waals surface area contributed by atoms with Gasteiger partial charge in [0, 0.05) is 7.05 Å². The van der Waals surface area contributed by atoms with Crippen LogP contribution in [0.5, 0.6) is 0 Å². The molecule has 8 heteroatoms. The molecule has 1 N–H and O–H groups in total. The summed E-state index contributed by atoms with van der Waals surface area (Å²) in [6, 6.07) is 6.26. The molecular formula is C13H18N4O2S2. The first-order valence-electron chi connectivity index (χ1n) is 6.52. The minimum atomic E-state index is -3.60. The Kier molecular flexibility index (Phi) is 4.70. The standard InChI is InChI=1S/C13H18N4O2S2/c1-4-11(12-14-15-13(20)17(12)3)16-21(18,19)10-7-5-9(2)6-8-10/h5-8,11,16H,4H2,1-3H3,(H,15,20)/t11-/m1/s1. The number of hydrogen-bond donors (Lipinski definition) is 2. The smallest absolute Gasteiger partial charge is 0.241 e. The molecule has 0 spiro atoms. The second kappa shape index (κ2) is 6.17. The summed E-state index contributed by atoms with van der Waals surface area (Å²) in [4.78, 5) is 0.236. The van der Waals surface area contributed by atoms with Crippen LogP contribution in [0.25, 0.3) is 0 Å². The third-order valence-electron chi connectivity index (χ3n) is 3.23. The summed E-state index contributed by atoms with van der Waals surface area (Å²) < 4.78 is 29.2. The number of aromatic nitrogens is 3. The zero-order valence-corrected chi connectivity index (χ0v) is 13.8. The number of nitrogens with one attached hydrogen (secondary N) is 1. The highest BCUT2D eigenvalue weighted by Crippen LogP contribution is 2.20. The predicted molar refractivity (Wildman–Crippen MR) is 82.8 cm³/mol. The fraction of sp³-hybridized carbons (Fsp3) is 0.385. The van der Waals surface area contributed by atoms with Gasteiger partial charge in [0.15, 0.2) is 11.0 Å². The largest absolute Gasteiger partial charge is 0.308 e. The third kappa shape index (κ3) is 3.45. The van der Waals surface area contributed by atoms with Gasteiger partial charge in [0.25, 0.3) is 0 Å². The van der Waals surface area contributed by atoms with Crippen LogP contribution in [0.1, 0.15) is 30.8 Å². The quantitative estimate of drug-likeness (QED) is 0.822. The van der Waals surface area contributed by atoms with Crippen LogP contribution in [0.3, 0.4) is 0 Å². The molecule has 0 fully saturated rings. The molecule has 0 unspecified atom stereocenters. The van der Waals surface area contributed by atoms with Crippen molar-refractivity contribution in [2.24, 2.45) is 7.05 Å². The summed E-state index contributed by atoms with van der Waals surface area (Å²) >= 11 is 4.16. The van der Waals surface area contributed by atoms with Gasteiger partial charge in [-0.05, 0) is 25.5 Å². The minimum absolute atomic E-state index is 0.236. The van der Waals surface area contributed by atoms with Crippen molar-refractivity contribution in [2.75, 3.05) is 0 Å². The molecule has 0 aliphatic heterocycles. The van der Waals surface area contributed by atoms with E-state index in [1.54, 1.807) is 35.9 Å². The molecule has 1 atom stereocenters. The van der Waals surface area contributed by atoms with Crippen LogP contribution in [0, 0.1) is 6.92 Å². The molecule has 0 aliphatic rings. The molecule has 0 saturated heterocycles. The second-order valence-electron chi connectivity index (χ2n) is 4.81. The van der Waals surface area contributed by atoms with Gasteiger partial charge in [0.1, 0.15) is 0 Å². The van der Waals surface area contributed by atoms with E-state index in [0.717, 1.165) is 5.56 Å². The summed E-state index contributed by atoms with van der Waals surface area (Å²) in [5, 5.41) is 8.27. The third-order valence-corrected chi connectivity index (χ3v) is 5.11. The summed E-state index contributed by atoms with van der Waals surface area (Å²) in [6.45, 7) is 3.79. The normalized spacial score (nSPS) is 13.3. The van der Waals surface area contributed by atoms with Crippen molar-refractivity contribution >= 4 is 22.7 Å². The van der Waals surface area contributed by atoms with E-state index >= 15 is 0 Å². The average molecular weight is 326 g/mol. The predicted octanol–water partition coefficient (Wildman–Crippen LogP) is 1.84. The molecule has 1 aromatic heterocycles. The Morgan fingerprint density at radius 1 is 1.29 bits per heavy atom. The van der Waals surface area contributed by atoms with Crippen molar-refractivity contribution in [1.29, 1.82) is 0 Å². The fourth-order valence-corrected chi connectivity index (χ4v) is 3.35. The van der Waals surface area contributed by atoms with E-state index in [-0.39, 0.29) is 4.90 Å². The zero-order chi connectivity index (χ0) is 15.6. The number of sulfonamides is 1. The Labute approximate surface area is 130 Å². The first-order chi connectivity index (χ1) is 9.85. The summed E-state index contributed by atoms with van der Waals surface area (Å²) in [5.41, 5.74) is 1.01. The summed E-state index contributed by atoms with van der Waals surface area (Å²) in [5.74, 6) is 0.540. The molecule has 21 heavy (non-hydrogen) atoms. The lowest BCUT2D eigenvalue weighted by Crippen LogP contribution is -2.30. The Morgan fingerprint density at radius 2 is 1.90 bits per heavy atom. The SMILES string of the molecule is CC[C@@H](NS(=O)(=O)c1ccc(C)cc1)c1nnc(S)n1C. The average Bonchev–Trinajstić information content (AvgIpc) is 2.77. The van der Waals surface area contributed by atoms with Gasteiger partial charge < -0.3 is 4.57 Å². The van der Waals surface area contributed by atoms with Crippen molar-refractivity contribution in [3.8, 4) is 0 Å². The number of benzene rings is 1. The Balaban J connectivity index is 2.29. The number of rotatable bonds is 5. The molecular weight excluding hydrogens is 308 g/mol. The van der Waals surface area contributed by atoms with E-state index in [1.807, 2.05) is 13.8 Å². The van der Waals surface area contributed by atoms with E-state index in [4.69, 9.17) is 0 Å². The zero-order valence-electron chi connectivity index (χ0n) is 12.1. The van der Waals surface area contributed by atoms with Crippen LogP contribution < -0.4 is 4.72 Å². The second-order valence-corrected chi connectivity index (χ2v) is 6.93. The number of hydrogen-bond acceptors (Lipinski definition) is 5. The maximum Gasteiger partial charge on any atom is 0.241 e. The van der Waals surface area contributed by atoms with Gasteiger partial charge in [-0.2, -0.15) is 0 Å². The van der Waals surface area contributed by atoms with Crippen LogP contribution in [0.2, 0.25) is 0 Å². The van der Waals surface area contributed by atoms with E-state index in [9.17, 15) is 8.42 Å². The van der Waals surface area contributed by atoms with Gasteiger partial charge in [0.05, 0.1) is 10.9 Å². The molecule has 114 valence electrons. The highest BCUT2D eigenvalue weighted by Gasteiger charge is 2.24. The number of aryl methyl sites for hydroxylation is 1. The molecule has 2 aromatic rings. The molecule has 2 rings (SSSR count). The van der Waals surface area contributed by atoms with Gasteiger partial charge in [-0.1, -0.05) is 24.6 Å². The monoisotopic (exact) mass is 326 g/mol. The molecule has 0 radical (unpaired) electrons. The maximum absolute atomic E-state index is 12.4. The number of nitrogens with zero attached hydrogens (tertiary/aromatic N) is 3. The molecule has 1 aromatic carbocycles. The van der Waals surface area contributed by atoms with Crippen molar-refractivity contribution in [3.05, 3.63) is 35.7 Å². The lowest BCUT2D eigenvalue weighted by atomic mass is 10.2. The number of thiol groups is 1. The molecule has 0 bridgehead atoms. The molecule has 0 aliphatic carbocycles. The van der Waals surface area contributed by atoms with Gasteiger partial charge in [-0.3, -0.25) is 0 Å². The molecule has 6 nitrogen and oxygen atoms in total. The van der Waals surface area contributed by atoms with Gasteiger partial charge in [-0.25, -0.2) is 13.1 Å². The minimum Gasteiger partial charge on any atom is -0.308 e. The Morgan fingerprint density at radius 3 is 2.38 bits per heavy atom. The highest BCUT2D eigenvalue weighted by atomic mass is 32.2. The van der Waals surface area contributed by atoms with Crippen molar-refractivity contribution in [2.45, 2.75) is 36.4 Å². The highest BCUT2D eigenvalue weighted by molar-refractivity contribution is 7.89. The van der Waals surface area contributed by atoms with Crippen LogP contribution in [-0.2, 0) is 17.1 Å². The van der Waals surface area contributed by atoms with Gasteiger partial charge >= 0.3 is 0 Å². The van der Waals surface area contributed by atoms with Gasteiger partial charge in [-0.15, -0.1) is 22.8 Å². The topological polar surface area (TPSA) is 76.9 Å². The van der Waals surface area contributed by atoms with E-state index in [2.05, 4.69) is 27.5 Å². The Bertz CT molecular complexity index is 723. The maximum atomic E-state index is 12.4. The molecule has 0 amide bonds. The van der Waals surface area contributed by atoms with Crippen LogP contribution >= 0.6 is 12.6 Å². The van der Waals surface area contributed by atoms with E-state index in [0.29, 0.717) is 17.4 Å². The van der Waals surface area contributed by atoms with Crippen LogP contribution in [0.15, 0.2) is 34.3 Å². The first-order valence-corrected chi connectivity index (χ1v) is 8.45. The Hall–Kier alpha value is -1.38. The fourth-order valence-electron chi connectivity index (χ4n) is 1.93. The first kappa shape index (κ1) is 16.0. The van der Waals surface area contributed by atoms with Crippen molar-refractivity contribution < 1.29 is 8.42 Å². The van der Waals surface area contributed by atoms with Crippen molar-refractivity contribution in [1.82, 2.24) is 19.5 Å². The molecule has 1 heterocycles. The van der Waals surface area contributed by atoms with Crippen LogP contribution in [-0.4, -0.2) is 23.2 Å². The lowest BCUT2D eigenvalue weighted by Gasteiger charge is -2.16. The van der Waals surface area contributed by atoms with E-state index in [1.165, 1.54) is 0 Å². The van der Waals surface area contributed by atoms with Crippen LogP contribution in [0.4, 0.5) is 0 Å². The summed E-state index contributed by atoms with van der Waals surface area (Å²) in [7, 11) is -1.85. The van der Waals surface area contributed by atoms with Gasteiger partial charge in [0.2, 0.25) is 10.0 Å². The summed E-state index contributed by atoms with van der Waals surface area (Å²) in [6.07, 6.45) is 0.560. The van der Waals surface area contributed by atoms with Crippen molar-refractivity contribution in [3.63, 3.8) is 0 Å². The molecule has 0 saturated carbocycles.